The molecule has 0 aromatic heterocycles. The molecule has 0 radical (unpaired) electrons. The fourth-order valence-corrected chi connectivity index (χ4v) is 3.95. The molecule has 4 nitrogen and oxygen atoms in total. The average molecular weight is 288 g/mol. The van der Waals surface area contributed by atoms with Crippen molar-refractivity contribution in [2.75, 3.05) is 39.5 Å². The van der Waals surface area contributed by atoms with E-state index in [2.05, 4.69) is 23.1 Å². The minimum Gasteiger partial charge on any atom is -0.493 e. The van der Waals surface area contributed by atoms with E-state index in [0.29, 0.717) is 5.92 Å². The lowest BCUT2D eigenvalue weighted by Gasteiger charge is -2.34. The third-order valence-corrected chi connectivity index (χ3v) is 5.31. The third-order valence-electron chi connectivity index (χ3n) is 5.31. The highest BCUT2D eigenvalue weighted by atomic mass is 16.5. The molecule has 2 N–H and O–H groups in total. The van der Waals surface area contributed by atoms with E-state index in [9.17, 15) is 0 Å². The number of ether oxygens (including phenoxy) is 2. The Morgan fingerprint density at radius 3 is 3.19 bits per heavy atom. The van der Waals surface area contributed by atoms with Gasteiger partial charge in [-0.05, 0) is 30.0 Å². The van der Waals surface area contributed by atoms with Crippen molar-refractivity contribution in [3.8, 4) is 5.75 Å². The maximum Gasteiger partial charge on any atom is 0.122 e. The molecule has 0 spiro atoms. The summed E-state index contributed by atoms with van der Waals surface area (Å²) in [5.74, 6) is 1.59. The van der Waals surface area contributed by atoms with Crippen LogP contribution in [0.25, 0.3) is 0 Å². The molecule has 2 atom stereocenters. The van der Waals surface area contributed by atoms with Crippen molar-refractivity contribution in [2.24, 2.45) is 11.7 Å². The summed E-state index contributed by atoms with van der Waals surface area (Å²) in [6.45, 7) is 5.70. The Hall–Kier alpha value is -1.10. The largest absolute Gasteiger partial charge is 0.493 e. The Morgan fingerprint density at radius 1 is 1.33 bits per heavy atom. The van der Waals surface area contributed by atoms with E-state index in [4.69, 9.17) is 15.2 Å². The predicted molar refractivity (Wildman–Crippen MR) is 81.6 cm³/mol. The molecule has 114 valence electrons. The van der Waals surface area contributed by atoms with Gasteiger partial charge in [-0.3, -0.25) is 0 Å². The molecule has 0 saturated carbocycles. The smallest absolute Gasteiger partial charge is 0.122 e. The maximum atomic E-state index is 6.56. The first-order valence-electron chi connectivity index (χ1n) is 8.06. The number of fused-ring (bicyclic) bond motifs is 2. The van der Waals surface area contributed by atoms with Gasteiger partial charge in [0.25, 0.3) is 0 Å². The van der Waals surface area contributed by atoms with Gasteiger partial charge in [0.2, 0.25) is 0 Å². The van der Waals surface area contributed by atoms with E-state index in [1.165, 1.54) is 11.1 Å². The first-order valence-corrected chi connectivity index (χ1v) is 8.06. The second-order valence-corrected chi connectivity index (χ2v) is 6.78. The van der Waals surface area contributed by atoms with Crippen LogP contribution in [-0.2, 0) is 17.6 Å². The van der Waals surface area contributed by atoms with Gasteiger partial charge in [0.15, 0.2) is 0 Å². The lowest BCUT2D eigenvalue weighted by atomic mass is 9.84. The van der Waals surface area contributed by atoms with Crippen LogP contribution in [0.15, 0.2) is 18.2 Å². The first kappa shape index (κ1) is 13.6. The molecule has 2 fully saturated rings. The summed E-state index contributed by atoms with van der Waals surface area (Å²) in [6.07, 6.45) is 3.15. The zero-order valence-electron chi connectivity index (χ0n) is 12.5. The molecule has 1 aromatic rings. The van der Waals surface area contributed by atoms with Gasteiger partial charge in [-0.1, -0.05) is 12.1 Å². The van der Waals surface area contributed by atoms with Crippen LogP contribution in [0.1, 0.15) is 17.5 Å². The molecule has 0 bridgehead atoms. The summed E-state index contributed by atoms with van der Waals surface area (Å²) in [4.78, 5) is 2.52. The SMILES string of the molecule is N[C@@]12CCOC[C@@H]1CN(CCc1ccc3c(c1)CCO3)C2. The van der Waals surface area contributed by atoms with Crippen molar-refractivity contribution in [3.63, 3.8) is 0 Å². The summed E-state index contributed by atoms with van der Waals surface area (Å²) in [6, 6.07) is 6.64. The number of likely N-dealkylation sites (tertiary alicyclic amines) is 1. The van der Waals surface area contributed by atoms with E-state index in [1.54, 1.807) is 0 Å². The fraction of sp³-hybridized carbons (Fsp3) is 0.647. The van der Waals surface area contributed by atoms with E-state index < -0.39 is 0 Å². The second kappa shape index (κ2) is 5.27. The Bertz CT molecular complexity index is 534. The van der Waals surface area contributed by atoms with Gasteiger partial charge >= 0.3 is 0 Å². The molecular weight excluding hydrogens is 264 g/mol. The molecular formula is C17H24N2O2. The number of benzene rings is 1. The predicted octanol–water partition coefficient (Wildman–Crippen LogP) is 1.21. The van der Waals surface area contributed by atoms with Gasteiger partial charge < -0.3 is 20.1 Å². The second-order valence-electron chi connectivity index (χ2n) is 6.78. The van der Waals surface area contributed by atoms with E-state index in [-0.39, 0.29) is 5.54 Å². The van der Waals surface area contributed by atoms with Gasteiger partial charge in [-0.25, -0.2) is 0 Å². The molecule has 21 heavy (non-hydrogen) atoms. The van der Waals surface area contributed by atoms with Crippen LogP contribution in [0.3, 0.4) is 0 Å². The average Bonchev–Trinajstić information content (AvgIpc) is 3.07. The summed E-state index contributed by atoms with van der Waals surface area (Å²) >= 11 is 0. The van der Waals surface area contributed by atoms with Crippen molar-refractivity contribution >= 4 is 0 Å². The molecule has 2 saturated heterocycles. The summed E-state index contributed by atoms with van der Waals surface area (Å²) in [5.41, 5.74) is 9.33. The van der Waals surface area contributed by atoms with Crippen LogP contribution in [0.4, 0.5) is 0 Å². The number of hydrogen-bond acceptors (Lipinski definition) is 4. The zero-order valence-corrected chi connectivity index (χ0v) is 12.5. The monoisotopic (exact) mass is 288 g/mol. The summed E-state index contributed by atoms with van der Waals surface area (Å²) in [7, 11) is 0. The summed E-state index contributed by atoms with van der Waals surface area (Å²) < 4.78 is 11.2. The summed E-state index contributed by atoms with van der Waals surface area (Å²) in [5, 5.41) is 0. The molecule has 0 unspecified atom stereocenters. The highest BCUT2D eigenvalue weighted by Crippen LogP contribution is 2.32. The normalized spacial score (nSPS) is 31.8. The van der Waals surface area contributed by atoms with Crippen LogP contribution < -0.4 is 10.5 Å². The molecule has 0 aliphatic carbocycles. The third kappa shape index (κ3) is 2.56. The van der Waals surface area contributed by atoms with E-state index in [1.807, 2.05) is 0 Å². The van der Waals surface area contributed by atoms with Crippen molar-refractivity contribution in [3.05, 3.63) is 29.3 Å². The topological polar surface area (TPSA) is 47.7 Å². The van der Waals surface area contributed by atoms with Crippen molar-refractivity contribution < 1.29 is 9.47 Å². The van der Waals surface area contributed by atoms with Crippen LogP contribution in [0, 0.1) is 5.92 Å². The van der Waals surface area contributed by atoms with Gasteiger partial charge in [-0.15, -0.1) is 0 Å². The van der Waals surface area contributed by atoms with Gasteiger partial charge in [0.1, 0.15) is 5.75 Å². The molecule has 3 aliphatic rings. The quantitative estimate of drug-likeness (QED) is 0.908. The standard InChI is InChI=1S/C17H24N2O2/c18-17-5-8-20-11-15(17)10-19(12-17)6-3-13-1-2-16-14(9-13)4-7-21-16/h1-2,9,15H,3-8,10-12,18H2/t15-,17+/m0/s1. The van der Waals surface area contributed by atoms with E-state index >= 15 is 0 Å². The van der Waals surface area contributed by atoms with Crippen LogP contribution in [0.5, 0.6) is 5.75 Å². The molecule has 4 heteroatoms. The van der Waals surface area contributed by atoms with Crippen LogP contribution in [-0.4, -0.2) is 49.9 Å². The van der Waals surface area contributed by atoms with Gasteiger partial charge in [-0.2, -0.15) is 0 Å². The number of hydrogen-bond donors (Lipinski definition) is 1. The highest BCUT2D eigenvalue weighted by Gasteiger charge is 2.45. The first-order chi connectivity index (χ1) is 10.2. The lowest BCUT2D eigenvalue weighted by Crippen LogP contribution is -2.52. The maximum absolute atomic E-state index is 6.56. The molecule has 3 aliphatic heterocycles. The molecule has 1 aromatic carbocycles. The fourth-order valence-electron chi connectivity index (χ4n) is 3.95. The van der Waals surface area contributed by atoms with Crippen molar-refractivity contribution in [1.82, 2.24) is 4.90 Å². The molecule has 0 amide bonds. The Balaban J connectivity index is 1.37. The Labute approximate surface area is 126 Å². The number of nitrogens with zero attached hydrogens (tertiary/aromatic N) is 1. The van der Waals surface area contributed by atoms with Gasteiger partial charge in [0.05, 0.1) is 13.2 Å². The van der Waals surface area contributed by atoms with Crippen molar-refractivity contribution in [1.29, 1.82) is 0 Å². The van der Waals surface area contributed by atoms with Crippen molar-refractivity contribution in [2.45, 2.75) is 24.8 Å². The number of nitrogens with two attached hydrogens (primary N) is 1. The Morgan fingerprint density at radius 2 is 2.29 bits per heavy atom. The van der Waals surface area contributed by atoms with E-state index in [0.717, 1.165) is 64.5 Å². The molecule has 4 rings (SSSR count). The number of rotatable bonds is 3. The minimum atomic E-state index is -0.00990. The zero-order chi connectivity index (χ0) is 14.3. The lowest BCUT2D eigenvalue weighted by molar-refractivity contribution is 0.0241. The van der Waals surface area contributed by atoms with Gasteiger partial charge in [0, 0.05) is 44.1 Å². The minimum absolute atomic E-state index is 0.00990. The molecule has 3 heterocycles. The Kier molecular flexibility index (Phi) is 3.40. The highest BCUT2D eigenvalue weighted by molar-refractivity contribution is 5.39. The van der Waals surface area contributed by atoms with Crippen LogP contribution >= 0.6 is 0 Å². The van der Waals surface area contributed by atoms with Crippen LogP contribution in [0.2, 0.25) is 0 Å².